The number of carbonyl (C=O) groups excluding carboxylic acids is 2. The van der Waals surface area contributed by atoms with Gasteiger partial charge in [-0.2, -0.15) is 8.78 Å². The molecule has 168 valence electrons. The molecule has 2 amide bonds. The second-order valence-electron chi connectivity index (χ2n) is 7.57. The van der Waals surface area contributed by atoms with E-state index in [1.165, 1.54) is 19.2 Å². The molecule has 0 fully saturated rings. The Morgan fingerprint density at radius 3 is 2.29 bits per heavy atom. The van der Waals surface area contributed by atoms with Gasteiger partial charge < -0.3 is 19.5 Å². The molecule has 0 aromatic heterocycles. The summed E-state index contributed by atoms with van der Waals surface area (Å²) in [5.41, 5.74) is 0.996. The third-order valence-corrected chi connectivity index (χ3v) is 3.94. The van der Waals surface area contributed by atoms with E-state index in [0.29, 0.717) is 23.2 Å². The minimum absolute atomic E-state index is 0.0607. The van der Waals surface area contributed by atoms with Crippen LogP contribution in [-0.2, 0) is 11.2 Å². The molecule has 2 aromatic carbocycles. The Morgan fingerprint density at radius 2 is 1.71 bits per heavy atom. The van der Waals surface area contributed by atoms with Crippen LogP contribution in [0, 0.1) is 0 Å². The van der Waals surface area contributed by atoms with Crippen LogP contribution in [0.2, 0.25) is 0 Å². The smallest absolute Gasteiger partial charge is 0.412 e. The predicted octanol–water partition coefficient (Wildman–Crippen LogP) is 4.62. The molecule has 7 nitrogen and oxygen atoms in total. The Balaban J connectivity index is 1.88. The standard InChI is InChI=1S/C22H26F2N2O5/c1-22(2,3)31-21(28)26-16-8-6-15(7-9-16)19(27)25-12-11-14-5-10-17(29-4)18(13-14)30-20(23)24/h5-10,13,20H,11-12H2,1-4H3,(H,25,27)(H,26,28). The first-order valence-electron chi connectivity index (χ1n) is 9.57. The van der Waals surface area contributed by atoms with Crippen LogP contribution in [-0.4, -0.2) is 37.9 Å². The minimum Gasteiger partial charge on any atom is -0.493 e. The lowest BCUT2D eigenvalue weighted by Crippen LogP contribution is -2.27. The number of hydrogen-bond donors (Lipinski definition) is 2. The Morgan fingerprint density at radius 1 is 1.03 bits per heavy atom. The van der Waals surface area contributed by atoms with Gasteiger partial charge in [0.05, 0.1) is 7.11 Å². The molecule has 0 bridgehead atoms. The van der Waals surface area contributed by atoms with Crippen LogP contribution >= 0.6 is 0 Å². The van der Waals surface area contributed by atoms with Crippen LogP contribution in [0.3, 0.4) is 0 Å². The summed E-state index contributed by atoms with van der Waals surface area (Å²) >= 11 is 0. The molecule has 0 spiro atoms. The number of rotatable bonds is 8. The number of carbonyl (C=O) groups is 2. The lowest BCUT2D eigenvalue weighted by molar-refractivity contribution is -0.0512. The molecule has 0 aliphatic heterocycles. The summed E-state index contributed by atoms with van der Waals surface area (Å²) in [6.45, 7) is 2.61. The van der Waals surface area contributed by atoms with Gasteiger partial charge in [0.2, 0.25) is 0 Å². The Hall–Kier alpha value is -3.36. The summed E-state index contributed by atoms with van der Waals surface area (Å²) in [6, 6.07) is 11.0. The summed E-state index contributed by atoms with van der Waals surface area (Å²) in [7, 11) is 1.36. The third kappa shape index (κ3) is 8.12. The molecule has 0 saturated carbocycles. The van der Waals surface area contributed by atoms with Gasteiger partial charge in [-0.15, -0.1) is 0 Å². The average molecular weight is 436 g/mol. The van der Waals surface area contributed by atoms with Crippen molar-refractivity contribution in [3.8, 4) is 11.5 Å². The van der Waals surface area contributed by atoms with Gasteiger partial charge in [0.25, 0.3) is 5.91 Å². The number of ether oxygens (including phenoxy) is 3. The molecule has 0 aliphatic rings. The molecular weight excluding hydrogens is 410 g/mol. The van der Waals surface area contributed by atoms with Crippen LogP contribution in [0.5, 0.6) is 11.5 Å². The van der Waals surface area contributed by atoms with Crippen molar-refractivity contribution in [1.82, 2.24) is 5.32 Å². The fraction of sp³-hybridized carbons (Fsp3) is 0.364. The van der Waals surface area contributed by atoms with Crippen molar-refractivity contribution in [2.45, 2.75) is 39.4 Å². The lowest BCUT2D eigenvalue weighted by Gasteiger charge is -2.19. The van der Waals surface area contributed by atoms with E-state index < -0.39 is 18.3 Å². The van der Waals surface area contributed by atoms with Crippen molar-refractivity contribution in [1.29, 1.82) is 0 Å². The third-order valence-electron chi connectivity index (χ3n) is 3.94. The first-order chi connectivity index (χ1) is 14.6. The molecule has 2 N–H and O–H groups in total. The number of methoxy groups -OCH3 is 1. The van der Waals surface area contributed by atoms with Crippen molar-refractivity contribution in [3.05, 3.63) is 53.6 Å². The topological polar surface area (TPSA) is 85.9 Å². The van der Waals surface area contributed by atoms with E-state index in [-0.39, 0.29) is 24.0 Å². The summed E-state index contributed by atoms with van der Waals surface area (Å²) in [4.78, 5) is 24.1. The van der Waals surface area contributed by atoms with Crippen molar-refractivity contribution in [3.63, 3.8) is 0 Å². The highest BCUT2D eigenvalue weighted by Gasteiger charge is 2.16. The summed E-state index contributed by atoms with van der Waals surface area (Å²) in [6.07, 6.45) is -0.174. The van der Waals surface area contributed by atoms with E-state index in [2.05, 4.69) is 15.4 Å². The van der Waals surface area contributed by atoms with Crippen LogP contribution in [0.15, 0.2) is 42.5 Å². The van der Waals surface area contributed by atoms with Crippen LogP contribution in [0.4, 0.5) is 19.3 Å². The quantitative estimate of drug-likeness (QED) is 0.631. The highest BCUT2D eigenvalue weighted by Crippen LogP contribution is 2.29. The first-order valence-corrected chi connectivity index (χ1v) is 9.57. The molecule has 9 heteroatoms. The van der Waals surface area contributed by atoms with E-state index in [1.54, 1.807) is 51.1 Å². The average Bonchev–Trinajstić information content (AvgIpc) is 2.66. The molecule has 0 aliphatic carbocycles. The lowest BCUT2D eigenvalue weighted by atomic mass is 10.1. The van der Waals surface area contributed by atoms with Gasteiger partial charge in [0, 0.05) is 17.8 Å². The number of anilines is 1. The Bertz CT molecular complexity index is 896. The number of halogens is 2. The van der Waals surface area contributed by atoms with Crippen LogP contribution in [0.1, 0.15) is 36.7 Å². The number of benzene rings is 2. The molecule has 0 atom stereocenters. The van der Waals surface area contributed by atoms with Gasteiger partial charge in [0.1, 0.15) is 5.60 Å². The fourth-order valence-corrected chi connectivity index (χ4v) is 2.61. The van der Waals surface area contributed by atoms with Gasteiger partial charge >= 0.3 is 12.7 Å². The first kappa shape index (κ1) is 23.9. The molecule has 2 aromatic rings. The molecule has 0 radical (unpaired) electrons. The SMILES string of the molecule is COc1ccc(CCNC(=O)c2ccc(NC(=O)OC(C)(C)C)cc2)cc1OC(F)F. The molecular formula is C22H26F2N2O5. The normalized spacial score (nSPS) is 11.1. The number of hydrogen-bond acceptors (Lipinski definition) is 5. The Labute approximate surface area is 179 Å². The van der Waals surface area contributed by atoms with Gasteiger partial charge in [0.15, 0.2) is 11.5 Å². The van der Waals surface area contributed by atoms with E-state index in [0.717, 1.165) is 0 Å². The van der Waals surface area contributed by atoms with E-state index in [4.69, 9.17) is 9.47 Å². The number of amides is 2. The second kappa shape index (κ2) is 10.6. The molecule has 2 rings (SSSR count). The highest BCUT2D eigenvalue weighted by atomic mass is 19.3. The van der Waals surface area contributed by atoms with Crippen LogP contribution < -0.4 is 20.1 Å². The molecule has 0 saturated heterocycles. The zero-order valence-electron chi connectivity index (χ0n) is 17.8. The van der Waals surface area contributed by atoms with Gasteiger partial charge in [-0.1, -0.05) is 6.07 Å². The van der Waals surface area contributed by atoms with Gasteiger partial charge in [-0.05, 0) is 69.2 Å². The minimum atomic E-state index is -2.96. The Kier molecular flexibility index (Phi) is 8.18. The van der Waals surface area contributed by atoms with Crippen molar-refractivity contribution >= 4 is 17.7 Å². The van der Waals surface area contributed by atoms with Crippen LogP contribution in [0.25, 0.3) is 0 Å². The van der Waals surface area contributed by atoms with Gasteiger partial charge in [-0.3, -0.25) is 10.1 Å². The fourth-order valence-electron chi connectivity index (χ4n) is 2.61. The van der Waals surface area contributed by atoms with Crippen molar-refractivity contribution in [2.24, 2.45) is 0 Å². The van der Waals surface area contributed by atoms with Crippen molar-refractivity contribution < 1.29 is 32.6 Å². The molecule has 0 unspecified atom stereocenters. The maximum absolute atomic E-state index is 12.5. The zero-order valence-corrected chi connectivity index (χ0v) is 17.8. The summed E-state index contributed by atoms with van der Waals surface area (Å²) < 4.78 is 39.7. The zero-order chi connectivity index (χ0) is 23.0. The van der Waals surface area contributed by atoms with E-state index in [1.807, 2.05) is 0 Å². The number of nitrogens with one attached hydrogen (secondary N) is 2. The van der Waals surface area contributed by atoms with E-state index in [9.17, 15) is 18.4 Å². The molecule has 0 heterocycles. The molecule has 31 heavy (non-hydrogen) atoms. The van der Waals surface area contributed by atoms with E-state index >= 15 is 0 Å². The van der Waals surface area contributed by atoms with Gasteiger partial charge in [-0.25, -0.2) is 4.79 Å². The maximum Gasteiger partial charge on any atom is 0.412 e. The largest absolute Gasteiger partial charge is 0.493 e. The number of alkyl halides is 2. The monoisotopic (exact) mass is 436 g/mol. The summed E-state index contributed by atoms with van der Waals surface area (Å²) in [5, 5.41) is 5.35. The predicted molar refractivity (Wildman–Crippen MR) is 112 cm³/mol. The van der Waals surface area contributed by atoms with Crippen molar-refractivity contribution in [2.75, 3.05) is 19.0 Å². The maximum atomic E-state index is 12.5. The summed E-state index contributed by atoms with van der Waals surface area (Å²) in [5.74, 6) is -0.163. The highest BCUT2D eigenvalue weighted by molar-refractivity contribution is 5.95. The second-order valence-corrected chi connectivity index (χ2v) is 7.57.